The lowest BCUT2D eigenvalue weighted by Crippen LogP contribution is -2.38. The molecule has 26 heavy (non-hydrogen) atoms. The summed E-state index contributed by atoms with van der Waals surface area (Å²) in [5, 5.41) is 14.5. The second-order valence-corrected chi connectivity index (χ2v) is 7.93. The summed E-state index contributed by atoms with van der Waals surface area (Å²) in [6.45, 7) is 1.74. The van der Waals surface area contributed by atoms with Gasteiger partial charge >= 0.3 is 0 Å². The van der Waals surface area contributed by atoms with Crippen molar-refractivity contribution in [3.8, 4) is 11.3 Å². The fourth-order valence-electron chi connectivity index (χ4n) is 3.52. The molecule has 0 spiro atoms. The molecule has 1 aliphatic heterocycles. The van der Waals surface area contributed by atoms with Gasteiger partial charge in [0.2, 0.25) is 0 Å². The highest BCUT2D eigenvalue weighted by atomic mass is 35.5. The number of anilines is 1. The Hall–Kier alpha value is -1.89. The number of hydrogen-bond donors (Lipinski definition) is 1. The Balaban J connectivity index is 1.52. The first-order chi connectivity index (χ1) is 12.6. The van der Waals surface area contributed by atoms with Crippen molar-refractivity contribution in [3.63, 3.8) is 0 Å². The van der Waals surface area contributed by atoms with Crippen molar-refractivity contribution < 1.29 is 5.11 Å². The second kappa shape index (κ2) is 7.39. The molecule has 0 aliphatic carbocycles. The number of aliphatic hydroxyl groups is 1. The number of aryl methyl sites for hydroxylation is 1. The monoisotopic (exact) mass is 388 g/mol. The number of halogens is 1. The number of aromatic nitrogens is 3. The third kappa shape index (κ3) is 3.37. The molecule has 0 bridgehead atoms. The number of nitrogens with zero attached hydrogens (tertiary/aromatic N) is 4. The van der Waals surface area contributed by atoms with Crippen LogP contribution in [0.5, 0.6) is 0 Å². The number of aliphatic hydroxyl groups excluding tert-OH is 1. The van der Waals surface area contributed by atoms with Gasteiger partial charge in [-0.25, -0.2) is 9.97 Å². The van der Waals surface area contributed by atoms with E-state index in [1.807, 2.05) is 42.1 Å². The van der Waals surface area contributed by atoms with Crippen molar-refractivity contribution in [3.05, 3.63) is 52.9 Å². The summed E-state index contributed by atoms with van der Waals surface area (Å²) in [5.41, 5.74) is 1.86. The van der Waals surface area contributed by atoms with Gasteiger partial charge in [-0.3, -0.25) is 0 Å². The molecular weight excluding hydrogens is 368 g/mol. The van der Waals surface area contributed by atoms with Crippen molar-refractivity contribution in [2.24, 2.45) is 13.0 Å². The fraction of sp³-hybridized carbons (Fsp3) is 0.368. The first-order valence-electron chi connectivity index (χ1n) is 8.74. The van der Waals surface area contributed by atoms with Gasteiger partial charge < -0.3 is 14.6 Å². The van der Waals surface area contributed by atoms with Crippen LogP contribution in [-0.2, 0) is 7.05 Å². The second-order valence-electron chi connectivity index (χ2n) is 6.68. The maximum Gasteiger partial charge on any atom is 0.185 e. The van der Waals surface area contributed by atoms with E-state index in [-0.39, 0.29) is 5.92 Å². The van der Waals surface area contributed by atoms with E-state index in [0.717, 1.165) is 48.1 Å². The number of benzene rings is 1. The van der Waals surface area contributed by atoms with Crippen LogP contribution >= 0.6 is 22.9 Å². The molecule has 2 atom stereocenters. The zero-order chi connectivity index (χ0) is 18.1. The molecular formula is C19H21ClN4OS. The van der Waals surface area contributed by atoms with Crippen molar-refractivity contribution in [2.75, 3.05) is 18.0 Å². The lowest BCUT2D eigenvalue weighted by molar-refractivity contribution is 0.0875. The highest BCUT2D eigenvalue weighted by Crippen LogP contribution is 2.35. The van der Waals surface area contributed by atoms with Crippen LogP contribution in [-0.4, -0.2) is 32.7 Å². The molecule has 1 aliphatic rings. The molecule has 1 fully saturated rings. The fourth-order valence-corrected chi connectivity index (χ4v) is 4.61. The summed E-state index contributed by atoms with van der Waals surface area (Å²) in [5.74, 6) is 0.880. The lowest BCUT2D eigenvalue weighted by Gasteiger charge is -2.34. The third-order valence-electron chi connectivity index (χ3n) is 4.94. The van der Waals surface area contributed by atoms with E-state index in [1.165, 1.54) is 0 Å². The number of imidazole rings is 1. The average molecular weight is 389 g/mol. The normalized spacial score (nSPS) is 18.9. The van der Waals surface area contributed by atoms with E-state index in [4.69, 9.17) is 16.6 Å². The maximum atomic E-state index is 10.8. The summed E-state index contributed by atoms with van der Waals surface area (Å²) in [7, 11) is 1.92. The van der Waals surface area contributed by atoms with Gasteiger partial charge in [0.25, 0.3) is 0 Å². The van der Waals surface area contributed by atoms with Gasteiger partial charge in [-0.1, -0.05) is 29.8 Å². The van der Waals surface area contributed by atoms with Crippen molar-refractivity contribution >= 4 is 28.1 Å². The molecule has 2 aromatic heterocycles. The number of thiazole rings is 1. The van der Waals surface area contributed by atoms with Gasteiger partial charge in [-0.05, 0) is 18.9 Å². The van der Waals surface area contributed by atoms with Crippen LogP contribution in [0.3, 0.4) is 0 Å². The Morgan fingerprint density at radius 3 is 2.96 bits per heavy atom. The summed E-state index contributed by atoms with van der Waals surface area (Å²) in [4.78, 5) is 11.4. The number of hydrogen-bond acceptors (Lipinski definition) is 5. The predicted octanol–water partition coefficient (Wildman–Crippen LogP) is 4.15. The lowest BCUT2D eigenvalue weighted by atomic mass is 9.92. The number of piperidine rings is 1. The molecule has 7 heteroatoms. The Morgan fingerprint density at radius 1 is 1.35 bits per heavy atom. The standard InChI is InChI=1S/C19H21ClN4OS/c1-23-10-8-21-18(23)17(25)13-5-4-9-24(11-13)19-22-16(12-26-19)14-6-2-3-7-15(14)20/h2-3,6-8,10,12-13,17,25H,4-5,9,11H2,1H3. The van der Waals surface area contributed by atoms with E-state index in [1.54, 1.807) is 17.5 Å². The Morgan fingerprint density at radius 2 is 2.19 bits per heavy atom. The summed E-state index contributed by atoms with van der Waals surface area (Å²) >= 11 is 7.93. The summed E-state index contributed by atoms with van der Waals surface area (Å²) in [6.07, 6.45) is 5.08. The van der Waals surface area contributed by atoms with Crippen LogP contribution in [0.2, 0.25) is 5.02 Å². The molecule has 3 aromatic rings. The van der Waals surface area contributed by atoms with Gasteiger partial charge in [-0.15, -0.1) is 11.3 Å². The molecule has 2 unspecified atom stereocenters. The van der Waals surface area contributed by atoms with Crippen molar-refractivity contribution in [2.45, 2.75) is 18.9 Å². The highest BCUT2D eigenvalue weighted by molar-refractivity contribution is 7.14. The third-order valence-corrected chi connectivity index (χ3v) is 6.17. The predicted molar refractivity (Wildman–Crippen MR) is 106 cm³/mol. The molecule has 1 N–H and O–H groups in total. The molecule has 0 amide bonds. The molecule has 0 radical (unpaired) electrons. The van der Waals surface area contributed by atoms with Crippen LogP contribution in [0.25, 0.3) is 11.3 Å². The zero-order valence-corrected chi connectivity index (χ0v) is 16.1. The molecule has 5 nitrogen and oxygen atoms in total. The minimum Gasteiger partial charge on any atom is -0.385 e. The zero-order valence-electron chi connectivity index (χ0n) is 14.5. The molecule has 0 saturated carbocycles. The van der Waals surface area contributed by atoms with Crippen LogP contribution in [0.1, 0.15) is 24.8 Å². The van der Waals surface area contributed by atoms with Crippen LogP contribution < -0.4 is 4.90 Å². The minimum absolute atomic E-state index is 0.150. The Bertz CT molecular complexity index is 893. The van der Waals surface area contributed by atoms with Gasteiger partial charge in [0.1, 0.15) is 11.9 Å². The number of rotatable bonds is 4. The summed E-state index contributed by atoms with van der Waals surface area (Å²) < 4.78 is 1.89. The van der Waals surface area contributed by atoms with E-state index in [9.17, 15) is 5.11 Å². The van der Waals surface area contributed by atoms with Crippen LogP contribution in [0.15, 0.2) is 42.0 Å². The highest BCUT2D eigenvalue weighted by Gasteiger charge is 2.30. The Labute approximate surface area is 161 Å². The smallest absolute Gasteiger partial charge is 0.185 e. The van der Waals surface area contributed by atoms with Crippen molar-refractivity contribution in [1.82, 2.24) is 14.5 Å². The first kappa shape index (κ1) is 17.5. The van der Waals surface area contributed by atoms with E-state index in [0.29, 0.717) is 5.02 Å². The molecule has 3 heterocycles. The van der Waals surface area contributed by atoms with Gasteiger partial charge in [0.15, 0.2) is 5.13 Å². The van der Waals surface area contributed by atoms with Crippen LogP contribution in [0.4, 0.5) is 5.13 Å². The van der Waals surface area contributed by atoms with Crippen molar-refractivity contribution in [1.29, 1.82) is 0 Å². The maximum absolute atomic E-state index is 10.8. The van der Waals surface area contributed by atoms with E-state index >= 15 is 0 Å². The van der Waals surface area contributed by atoms with Gasteiger partial charge in [-0.2, -0.15) is 0 Å². The first-order valence-corrected chi connectivity index (χ1v) is 10.00. The quantitative estimate of drug-likeness (QED) is 0.729. The molecule has 1 saturated heterocycles. The van der Waals surface area contributed by atoms with E-state index in [2.05, 4.69) is 15.3 Å². The Kier molecular flexibility index (Phi) is 4.98. The minimum atomic E-state index is -0.555. The molecule has 4 rings (SSSR count). The largest absolute Gasteiger partial charge is 0.385 e. The summed E-state index contributed by atoms with van der Waals surface area (Å²) in [6, 6.07) is 7.77. The molecule has 136 valence electrons. The van der Waals surface area contributed by atoms with Gasteiger partial charge in [0, 0.05) is 54.4 Å². The van der Waals surface area contributed by atoms with Gasteiger partial charge in [0.05, 0.1) is 5.69 Å². The average Bonchev–Trinajstić information content (AvgIpc) is 3.31. The van der Waals surface area contributed by atoms with Crippen LogP contribution in [0, 0.1) is 5.92 Å². The molecule has 1 aromatic carbocycles. The SMILES string of the molecule is Cn1ccnc1C(O)C1CCCN(c2nc(-c3ccccc3Cl)cs2)C1. The van der Waals surface area contributed by atoms with E-state index < -0.39 is 6.10 Å². The topological polar surface area (TPSA) is 54.2 Å².